The fourth-order valence-corrected chi connectivity index (χ4v) is 1.65. The van der Waals surface area contributed by atoms with Crippen LogP contribution in [0.1, 0.15) is 19.3 Å². The van der Waals surface area contributed by atoms with Gasteiger partial charge in [-0.05, 0) is 18.4 Å². The first-order chi connectivity index (χ1) is 5.27. The fraction of sp³-hybridized carbons (Fsp3) is 0.444. The van der Waals surface area contributed by atoms with Gasteiger partial charge in [0.15, 0.2) is 5.78 Å². The smallest absolute Gasteiger partial charge is 0.163 e. The lowest BCUT2D eigenvalue weighted by molar-refractivity contribution is -0.114. The average molecular weight is 150 g/mol. The highest BCUT2D eigenvalue weighted by Crippen LogP contribution is 2.31. The van der Waals surface area contributed by atoms with Gasteiger partial charge in [0, 0.05) is 12.0 Å². The Kier molecular flexibility index (Phi) is 1.43. The molecular formula is C9H10O2. The molecule has 1 saturated carbocycles. The molecule has 2 nitrogen and oxygen atoms in total. The summed E-state index contributed by atoms with van der Waals surface area (Å²) in [4.78, 5) is 11.1. The summed E-state index contributed by atoms with van der Waals surface area (Å²) in [5, 5.41) is 9.21. The van der Waals surface area contributed by atoms with E-state index in [9.17, 15) is 9.90 Å². The molecule has 1 atom stereocenters. The number of ketones is 1. The summed E-state index contributed by atoms with van der Waals surface area (Å²) in [6.07, 6.45) is 5.35. The largest absolute Gasteiger partial charge is 0.389 e. The highest BCUT2D eigenvalue weighted by Gasteiger charge is 2.25. The van der Waals surface area contributed by atoms with Gasteiger partial charge in [-0.3, -0.25) is 4.79 Å². The Bertz CT molecular complexity index is 261. The van der Waals surface area contributed by atoms with Gasteiger partial charge < -0.3 is 5.11 Å². The van der Waals surface area contributed by atoms with Crippen LogP contribution in [0.25, 0.3) is 0 Å². The van der Waals surface area contributed by atoms with Gasteiger partial charge in [-0.25, -0.2) is 0 Å². The zero-order valence-electron chi connectivity index (χ0n) is 6.21. The van der Waals surface area contributed by atoms with Gasteiger partial charge in [-0.1, -0.05) is 12.2 Å². The zero-order valence-corrected chi connectivity index (χ0v) is 6.21. The van der Waals surface area contributed by atoms with E-state index in [4.69, 9.17) is 0 Å². The maximum Gasteiger partial charge on any atom is 0.163 e. The van der Waals surface area contributed by atoms with E-state index in [1.54, 1.807) is 6.08 Å². The first-order valence-electron chi connectivity index (χ1n) is 3.90. The number of aliphatic hydroxyl groups is 1. The normalized spacial score (nSPS) is 29.5. The van der Waals surface area contributed by atoms with Gasteiger partial charge in [0.25, 0.3) is 0 Å². The van der Waals surface area contributed by atoms with Crippen molar-refractivity contribution in [3.63, 3.8) is 0 Å². The van der Waals surface area contributed by atoms with Crippen molar-refractivity contribution in [2.45, 2.75) is 25.4 Å². The molecule has 0 spiro atoms. The van der Waals surface area contributed by atoms with E-state index >= 15 is 0 Å². The third-order valence-electron chi connectivity index (χ3n) is 2.22. The molecule has 2 heteroatoms. The molecule has 0 aliphatic heterocycles. The van der Waals surface area contributed by atoms with Crippen LogP contribution in [0.15, 0.2) is 23.3 Å². The summed E-state index contributed by atoms with van der Waals surface area (Å²) in [5.41, 5.74) is 1.91. The van der Waals surface area contributed by atoms with Crippen LogP contribution in [0.4, 0.5) is 0 Å². The van der Waals surface area contributed by atoms with Crippen molar-refractivity contribution in [2.75, 3.05) is 0 Å². The molecule has 0 amide bonds. The Labute approximate surface area is 65.2 Å². The molecule has 58 valence electrons. The van der Waals surface area contributed by atoms with E-state index in [1.807, 2.05) is 6.08 Å². The maximum atomic E-state index is 11.1. The number of hydrogen-bond acceptors (Lipinski definition) is 2. The van der Waals surface area contributed by atoms with Crippen molar-refractivity contribution in [1.82, 2.24) is 0 Å². The monoisotopic (exact) mass is 150 g/mol. The quantitative estimate of drug-likeness (QED) is 0.558. The first-order valence-corrected chi connectivity index (χ1v) is 3.90. The van der Waals surface area contributed by atoms with Crippen molar-refractivity contribution in [2.24, 2.45) is 0 Å². The van der Waals surface area contributed by atoms with Crippen LogP contribution in [0.3, 0.4) is 0 Å². The fourth-order valence-electron chi connectivity index (χ4n) is 1.65. The van der Waals surface area contributed by atoms with E-state index in [0.717, 1.165) is 17.6 Å². The van der Waals surface area contributed by atoms with Gasteiger partial charge in [-0.15, -0.1) is 0 Å². The molecule has 2 rings (SSSR count). The summed E-state index contributed by atoms with van der Waals surface area (Å²) < 4.78 is 0. The summed E-state index contributed by atoms with van der Waals surface area (Å²) in [5.74, 6) is 0.239. The van der Waals surface area contributed by atoms with Crippen molar-refractivity contribution >= 4 is 5.78 Å². The molecule has 1 unspecified atom stereocenters. The summed E-state index contributed by atoms with van der Waals surface area (Å²) in [6, 6.07) is 0. The van der Waals surface area contributed by atoms with Gasteiger partial charge in [0.05, 0.1) is 6.10 Å². The number of allylic oxidation sites excluding steroid dienone is 2. The molecule has 0 saturated heterocycles. The number of carbonyl (C=O) groups is 1. The Morgan fingerprint density at radius 1 is 1.45 bits per heavy atom. The summed E-state index contributed by atoms with van der Waals surface area (Å²) >= 11 is 0. The van der Waals surface area contributed by atoms with E-state index in [1.165, 1.54) is 0 Å². The summed E-state index contributed by atoms with van der Waals surface area (Å²) in [7, 11) is 0. The molecule has 11 heavy (non-hydrogen) atoms. The zero-order chi connectivity index (χ0) is 7.84. The standard InChI is InChI=1S/C9H10O2/c10-7-2-3-8-6(5-7)1-4-9(8)11/h3,5,7,10H,1-2,4H2. The van der Waals surface area contributed by atoms with Gasteiger partial charge in [0.1, 0.15) is 0 Å². The van der Waals surface area contributed by atoms with Crippen LogP contribution < -0.4 is 0 Å². The van der Waals surface area contributed by atoms with Crippen LogP contribution in [0.5, 0.6) is 0 Å². The van der Waals surface area contributed by atoms with E-state index in [2.05, 4.69) is 0 Å². The number of rotatable bonds is 0. The molecular weight excluding hydrogens is 140 g/mol. The molecule has 1 fully saturated rings. The minimum absolute atomic E-state index is 0.239. The minimum atomic E-state index is -0.361. The Morgan fingerprint density at radius 2 is 2.27 bits per heavy atom. The highest BCUT2D eigenvalue weighted by molar-refractivity contribution is 6.03. The second-order valence-electron chi connectivity index (χ2n) is 3.04. The van der Waals surface area contributed by atoms with Crippen LogP contribution in [-0.2, 0) is 4.79 Å². The molecule has 0 heterocycles. The topological polar surface area (TPSA) is 37.3 Å². The number of Topliss-reactive ketones (excluding diaryl/α,β-unsaturated/α-hetero) is 1. The lowest BCUT2D eigenvalue weighted by atomic mass is 9.99. The van der Waals surface area contributed by atoms with E-state index in [-0.39, 0.29) is 11.9 Å². The van der Waals surface area contributed by atoms with Crippen LogP contribution in [0.2, 0.25) is 0 Å². The van der Waals surface area contributed by atoms with E-state index in [0.29, 0.717) is 12.8 Å². The van der Waals surface area contributed by atoms with Crippen molar-refractivity contribution < 1.29 is 9.90 Å². The second-order valence-corrected chi connectivity index (χ2v) is 3.04. The molecule has 0 aromatic carbocycles. The first kappa shape index (κ1) is 6.80. The third-order valence-corrected chi connectivity index (χ3v) is 2.22. The predicted molar refractivity (Wildman–Crippen MR) is 41.0 cm³/mol. The lowest BCUT2D eigenvalue weighted by Crippen LogP contribution is -2.08. The molecule has 0 aromatic heterocycles. The molecule has 0 aromatic rings. The molecule has 1 N–H and O–H groups in total. The lowest BCUT2D eigenvalue weighted by Gasteiger charge is -2.10. The third kappa shape index (κ3) is 1.03. The SMILES string of the molecule is O=C1CCC2=CC(O)CC=C12. The Hall–Kier alpha value is -0.890. The van der Waals surface area contributed by atoms with Gasteiger partial charge in [-0.2, -0.15) is 0 Å². The predicted octanol–water partition coefficient (Wildman–Crippen LogP) is 0.967. The molecule has 2 aliphatic carbocycles. The van der Waals surface area contributed by atoms with Crippen LogP contribution in [-0.4, -0.2) is 17.0 Å². The maximum absolute atomic E-state index is 11.1. The number of hydrogen-bond donors (Lipinski definition) is 1. The average Bonchev–Trinajstić information content (AvgIpc) is 2.32. The number of fused-ring (bicyclic) bond motifs is 1. The molecule has 0 radical (unpaired) electrons. The van der Waals surface area contributed by atoms with Gasteiger partial charge >= 0.3 is 0 Å². The van der Waals surface area contributed by atoms with Gasteiger partial charge in [0.2, 0.25) is 0 Å². The highest BCUT2D eigenvalue weighted by atomic mass is 16.3. The van der Waals surface area contributed by atoms with Crippen LogP contribution >= 0.6 is 0 Å². The second kappa shape index (κ2) is 2.31. The Balaban J connectivity index is 2.35. The van der Waals surface area contributed by atoms with Crippen molar-refractivity contribution in [3.8, 4) is 0 Å². The summed E-state index contributed by atoms with van der Waals surface area (Å²) in [6.45, 7) is 0. The van der Waals surface area contributed by atoms with Crippen molar-refractivity contribution in [1.29, 1.82) is 0 Å². The molecule has 0 bridgehead atoms. The molecule has 2 aliphatic rings. The number of carbonyl (C=O) groups excluding carboxylic acids is 1. The van der Waals surface area contributed by atoms with Crippen molar-refractivity contribution in [3.05, 3.63) is 23.3 Å². The Morgan fingerprint density at radius 3 is 3.09 bits per heavy atom. The van der Waals surface area contributed by atoms with Crippen LogP contribution in [0, 0.1) is 0 Å². The minimum Gasteiger partial charge on any atom is -0.389 e. The number of aliphatic hydroxyl groups excluding tert-OH is 1. The van der Waals surface area contributed by atoms with E-state index < -0.39 is 0 Å².